The molecule has 0 bridgehead atoms. The van der Waals surface area contributed by atoms with Crippen LogP contribution in [0.3, 0.4) is 0 Å². The first kappa shape index (κ1) is 13.1. The minimum absolute atomic E-state index is 0.113. The maximum atomic E-state index is 13.1. The zero-order valence-electron chi connectivity index (χ0n) is 12.7. The molecule has 1 unspecified atom stereocenters. The Hall–Kier alpha value is -1.55. The topological polar surface area (TPSA) is 49.3 Å². The van der Waals surface area contributed by atoms with Gasteiger partial charge in [0, 0.05) is 12.6 Å². The summed E-state index contributed by atoms with van der Waals surface area (Å²) in [6.07, 6.45) is 3.05. The number of carbonyl (C=O) groups excluding carboxylic acids is 1. The Morgan fingerprint density at radius 2 is 2.05 bits per heavy atom. The summed E-state index contributed by atoms with van der Waals surface area (Å²) >= 11 is 0. The van der Waals surface area contributed by atoms with E-state index in [2.05, 4.69) is 24.8 Å². The van der Waals surface area contributed by atoms with Crippen LogP contribution in [0.5, 0.6) is 0 Å². The second-order valence-corrected chi connectivity index (χ2v) is 7.08. The maximum absolute atomic E-state index is 13.1. The van der Waals surface area contributed by atoms with E-state index in [9.17, 15) is 4.79 Å². The van der Waals surface area contributed by atoms with Crippen LogP contribution in [0.2, 0.25) is 0 Å². The van der Waals surface area contributed by atoms with Gasteiger partial charge in [0.15, 0.2) is 0 Å². The summed E-state index contributed by atoms with van der Waals surface area (Å²) in [5, 5.41) is 0. The molecule has 21 heavy (non-hydrogen) atoms. The lowest BCUT2D eigenvalue weighted by atomic mass is 9.95. The molecule has 3 heterocycles. The zero-order chi connectivity index (χ0) is 14.8. The van der Waals surface area contributed by atoms with E-state index in [0.717, 1.165) is 37.1 Å². The van der Waals surface area contributed by atoms with E-state index in [1.54, 1.807) is 0 Å². The molecule has 4 heteroatoms. The summed E-state index contributed by atoms with van der Waals surface area (Å²) in [5.74, 6) is 0.740. The third-order valence-electron chi connectivity index (χ3n) is 5.52. The minimum Gasteiger partial charge on any atom is -0.360 e. The number of benzene rings is 1. The quantitative estimate of drug-likeness (QED) is 0.743. The van der Waals surface area contributed by atoms with Crippen molar-refractivity contribution in [3.05, 3.63) is 29.8 Å². The van der Waals surface area contributed by atoms with Crippen molar-refractivity contribution < 1.29 is 4.79 Å². The molecular formula is C17H23N3O. The summed E-state index contributed by atoms with van der Waals surface area (Å²) < 4.78 is 0. The fourth-order valence-electron chi connectivity index (χ4n) is 4.40. The molecule has 2 N–H and O–H groups in total. The number of nitrogens with zero attached hydrogens (tertiary/aromatic N) is 2. The van der Waals surface area contributed by atoms with Crippen molar-refractivity contribution in [2.24, 2.45) is 11.7 Å². The van der Waals surface area contributed by atoms with Crippen molar-refractivity contribution in [3.63, 3.8) is 0 Å². The molecule has 4 atom stereocenters. The highest BCUT2D eigenvalue weighted by molar-refractivity contribution is 6.02. The molecule has 1 aromatic rings. The number of amides is 1. The van der Waals surface area contributed by atoms with Gasteiger partial charge in [-0.3, -0.25) is 4.79 Å². The number of para-hydroxylation sites is 1. The molecule has 2 fully saturated rings. The fraction of sp³-hybridized carbons (Fsp3) is 0.588. The molecule has 112 valence electrons. The van der Waals surface area contributed by atoms with Crippen molar-refractivity contribution in [2.75, 3.05) is 11.4 Å². The normalized spacial score (nSPS) is 38.0. The molecule has 0 radical (unpaired) electrons. The van der Waals surface area contributed by atoms with E-state index < -0.39 is 5.66 Å². The lowest BCUT2D eigenvalue weighted by Gasteiger charge is -2.42. The molecule has 0 aromatic heterocycles. The van der Waals surface area contributed by atoms with Gasteiger partial charge in [-0.2, -0.15) is 0 Å². The number of anilines is 1. The number of hydrogen-bond acceptors (Lipinski definition) is 3. The van der Waals surface area contributed by atoms with Crippen molar-refractivity contribution in [1.82, 2.24) is 4.90 Å². The van der Waals surface area contributed by atoms with Crippen molar-refractivity contribution in [3.8, 4) is 0 Å². The maximum Gasteiger partial charge on any atom is 0.257 e. The third-order valence-corrected chi connectivity index (χ3v) is 5.52. The molecule has 4 rings (SSSR count). The zero-order valence-corrected chi connectivity index (χ0v) is 12.7. The van der Waals surface area contributed by atoms with Crippen LogP contribution in [0.1, 0.15) is 43.5 Å². The van der Waals surface area contributed by atoms with Crippen LogP contribution < -0.4 is 10.6 Å². The minimum atomic E-state index is -0.514. The van der Waals surface area contributed by atoms with Crippen LogP contribution in [0.4, 0.5) is 5.69 Å². The predicted octanol–water partition coefficient (Wildman–Crippen LogP) is 2.19. The van der Waals surface area contributed by atoms with Crippen LogP contribution in [0, 0.1) is 5.92 Å². The average Bonchev–Trinajstić information content (AvgIpc) is 3.25. The number of nitrogens with two attached hydrogens (primary N) is 1. The van der Waals surface area contributed by atoms with E-state index in [-0.39, 0.29) is 18.0 Å². The molecule has 1 amide bonds. The van der Waals surface area contributed by atoms with Gasteiger partial charge in [0.05, 0.1) is 17.3 Å². The number of fused-ring (bicyclic) bond motifs is 5. The van der Waals surface area contributed by atoms with E-state index in [1.165, 1.54) is 0 Å². The van der Waals surface area contributed by atoms with E-state index >= 15 is 0 Å². The summed E-state index contributed by atoms with van der Waals surface area (Å²) in [7, 11) is 0. The lowest BCUT2D eigenvalue weighted by molar-refractivity contribution is 0.0355. The van der Waals surface area contributed by atoms with Gasteiger partial charge in [0.2, 0.25) is 0 Å². The smallest absolute Gasteiger partial charge is 0.257 e. The van der Waals surface area contributed by atoms with Crippen LogP contribution in [-0.4, -0.2) is 35.1 Å². The van der Waals surface area contributed by atoms with E-state index in [4.69, 9.17) is 5.73 Å². The Morgan fingerprint density at radius 3 is 2.86 bits per heavy atom. The first-order valence-electron chi connectivity index (χ1n) is 8.00. The van der Waals surface area contributed by atoms with Crippen LogP contribution in [0.25, 0.3) is 0 Å². The lowest BCUT2D eigenvalue weighted by Crippen LogP contribution is -2.64. The standard InChI is InChI=1S/C17H23N3O/c1-11-7-8-17(18)15-10-19(15)14-6-4-3-5-13(14)16(21)20(17)12(2)9-11/h3-6,11-12,15H,7-10,18H2,1-2H3/t11-,12-,15?,17+,19?/m1/s1. The molecule has 3 aliphatic rings. The Labute approximate surface area is 125 Å². The van der Waals surface area contributed by atoms with Crippen LogP contribution in [-0.2, 0) is 0 Å². The second-order valence-electron chi connectivity index (χ2n) is 7.08. The van der Waals surface area contributed by atoms with Crippen molar-refractivity contribution in [1.29, 1.82) is 0 Å². The van der Waals surface area contributed by atoms with Crippen LogP contribution in [0.15, 0.2) is 24.3 Å². The summed E-state index contributed by atoms with van der Waals surface area (Å²) in [4.78, 5) is 17.4. The number of rotatable bonds is 0. The molecule has 3 aliphatic heterocycles. The Kier molecular flexibility index (Phi) is 2.65. The summed E-state index contributed by atoms with van der Waals surface area (Å²) in [6, 6.07) is 8.43. The summed E-state index contributed by atoms with van der Waals surface area (Å²) in [6.45, 7) is 5.40. The monoisotopic (exact) mass is 285 g/mol. The number of hydrogen-bond donors (Lipinski definition) is 1. The Balaban J connectivity index is 1.86. The Bertz CT molecular complexity index is 601. The second kappa shape index (κ2) is 4.23. The first-order chi connectivity index (χ1) is 10.0. The van der Waals surface area contributed by atoms with Gasteiger partial charge in [0.1, 0.15) is 5.66 Å². The van der Waals surface area contributed by atoms with E-state index in [1.807, 2.05) is 23.1 Å². The molecule has 2 saturated heterocycles. The highest BCUT2D eigenvalue weighted by atomic mass is 16.2. The van der Waals surface area contributed by atoms with Gasteiger partial charge in [-0.1, -0.05) is 19.1 Å². The molecule has 4 nitrogen and oxygen atoms in total. The SMILES string of the molecule is C[C@@H]1CC[C@@]2(N)C3CN3c3ccccc3C(=O)N2[C@H](C)C1. The summed E-state index contributed by atoms with van der Waals surface area (Å²) in [5.41, 5.74) is 8.20. The van der Waals surface area contributed by atoms with Gasteiger partial charge >= 0.3 is 0 Å². The predicted molar refractivity (Wildman–Crippen MR) is 83.1 cm³/mol. The molecule has 0 aliphatic carbocycles. The molecular weight excluding hydrogens is 262 g/mol. The first-order valence-corrected chi connectivity index (χ1v) is 8.00. The van der Waals surface area contributed by atoms with Crippen LogP contribution >= 0.6 is 0 Å². The van der Waals surface area contributed by atoms with E-state index in [0.29, 0.717) is 5.92 Å². The van der Waals surface area contributed by atoms with Gasteiger partial charge < -0.3 is 15.5 Å². The van der Waals surface area contributed by atoms with Gasteiger partial charge in [-0.25, -0.2) is 0 Å². The van der Waals surface area contributed by atoms with Gasteiger partial charge in [-0.05, 0) is 44.2 Å². The van der Waals surface area contributed by atoms with Crippen molar-refractivity contribution in [2.45, 2.75) is 50.9 Å². The van der Waals surface area contributed by atoms with Gasteiger partial charge in [-0.15, -0.1) is 0 Å². The Morgan fingerprint density at radius 1 is 1.29 bits per heavy atom. The number of carbonyl (C=O) groups is 1. The molecule has 0 spiro atoms. The van der Waals surface area contributed by atoms with Gasteiger partial charge in [0.25, 0.3) is 5.91 Å². The largest absolute Gasteiger partial charge is 0.360 e. The fourth-order valence-corrected chi connectivity index (χ4v) is 4.40. The third kappa shape index (κ3) is 1.75. The highest BCUT2D eigenvalue weighted by Crippen LogP contribution is 2.46. The molecule has 0 saturated carbocycles. The molecule has 1 aromatic carbocycles. The average molecular weight is 285 g/mol. The highest BCUT2D eigenvalue weighted by Gasteiger charge is 2.58. The van der Waals surface area contributed by atoms with Crippen molar-refractivity contribution >= 4 is 11.6 Å².